The Kier molecular flexibility index (Phi) is 3.56. The molecule has 0 aromatic carbocycles. The second kappa shape index (κ2) is 5.54. The summed E-state index contributed by atoms with van der Waals surface area (Å²) in [5, 5.41) is 0. The van der Waals surface area contributed by atoms with Crippen molar-refractivity contribution < 1.29 is 4.74 Å². The van der Waals surface area contributed by atoms with Gasteiger partial charge in [0.1, 0.15) is 5.52 Å². The molecule has 7 heteroatoms. The van der Waals surface area contributed by atoms with Gasteiger partial charge in [-0.1, -0.05) is 20.8 Å². The summed E-state index contributed by atoms with van der Waals surface area (Å²) in [4.78, 5) is 27.3. The van der Waals surface area contributed by atoms with E-state index >= 15 is 0 Å². The van der Waals surface area contributed by atoms with Crippen LogP contribution >= 0.6 is 0 Å². The van der Waals surface area contributed by atoms with Gasteiger partial charge in [-0.05, 0) is 24.3 Å². The van der Waals surface area contributed by atoms with Gasteiger partial charge in [-0.15, -0.1) is 0 Å². The van der Waals surface area contributed by atoms with Gasteiger partial charge in [0.2, 0.25) is 0 Å². The van der Waals surface area contributed by atoms with E-state index in [0.717, 1.165) is 25.2 Å². The van der Waals surface area contributed by atoms with Crippen molar-refractivity contribution in [1.82, 2.24) is 9.08 Å². The smallest absolute Gasteiger partial charge is 0.354 e. The SMILES string of the molecule is CC1COc2c(N3CC[C@@H](C(C)C)C3)ccn3c(=O)n(N)c(=O)c1c23. The molecule has 2 aromatic rings. The molecule has 0 radical (unpaired) electrons. The van der Waals surface area contributed by atoms with E-state index < -0.39 is 11.2 Å². The van der Waals surface area contributed by atoms with E-state index in [4.69, 9.17) is 10.6 Å². The van der Waals surface area contributed by atoms with Gasteiger partial charge in [-0.25, -0.2) is 4.79 Å². The van der Waals surface area contributed by atoms with Crippen LogP contribution in [0, 0.1) is 11.8 Å². The lowest BCUT2D eigenvalue weighted by atomic mass is 9.95. The molecule has 0 saturated carbocycles. The highest BCUT2D eigenvalue weighted by molar-refractivity contribution is 5.78. The molecule has 0 spiro atoms. The minimum absolute atomic E-state index is 0.109. The Morgan fingerprint density at radius 2 is 2.08 bits per heavy atom. The molecule has 2 aromatic heterocycles. The molecule has 2 N–H and O–H groups in total. The molecule has 1 saturated heterocycles. The average Bonchev–Trinajstić information content (AvgIpc) is 3.08. The molecule has 0 amide bonds. The Hall–Kier alpha value is -2.44. The maximum absolute atomic E-state index is 12.6. The van der Waals surface area contributed by atoms with Crippen LogP contribution in [0.3, 0.4) is 0 Å². The third kappa shape index (κ3) is 2.25. The largest absolute Gasteiger partial charge is 0.489 e. The van der Waals surface area contributed by atoms with Gasteiger partial charge in [0.15, 0.2) is 5.75 Å². The van der Waals surface area contributed by atoms with Crippen molar-refractivity contribution >= 4 is 11.2 Å². The molecule has 1 fully saturated rings. The molecule has 0 bridgehead atoms. The van der Waals surface area contributed by atoms with Crippen molar-refractivity contribution in [3.05, 3.63) is 38.7 Å². The lowest BCUT2D eigenvalue weighted by Gasteiger charge is -2.29. The van der Waals surface area contributed by atoms with E-state index in [-0.39, 0.29) is 5.92 Å². The number of rotatable bonds is 2. The van der Waals surface area contributed by atoms with Crippen LogP contribution in [0.4, 0.5) is 5.69 Å². The fraction of sp³-hybridized carbons (Fsp3) is 0.556. The number of hydrogen-bond donors (Lipinski definition) is 1. The Labute approximate surface area is 145 Å². The predicted molar refractivity (Wildman–Crippen MR) is 97.1 cm³/mol. The van der Waals surface area contributed by atoms with Gasteiger partial charge >= 0.3 is 5.69 Å². The van der Waals surface area contributed by atoms with Gasteiger partial charge in [0.05, 0.1) is 17.9 Å². The van der Waals surface area contributed by atoms with Crippen LogP contribution in [0.15, 0.2) is 21.9 Å². The van der Waals surface area contributed by atoms with Crippen molar-refractivity contribution in [2.75, 3.05) is 30.4 Å². The number of hydrogen-bond acceptors (Lipinski definition) is 5. The summed E-state index contributed by atoms with van der Waals surface area (Å²) in [6.07, 6.45) is 2.84. The Morgan fingerprint density at radius 3 is 2.76 bits per heavy atom. The zero-order valence-electron chi connectivity index (χ0n) is 14.9. The fourth-order valence-electron chi connectivity index (χ4n) is 4.05. The summed E-state index contributed by atoms with van der Waals surface area (Å²) in [5.74, 6) is 7.49. The summed E-state index contributed by atoms with van der Waals surface area (Å²) in [7, 11) is 0. The van der Waals surface area contributed by atoms with Gasteiger partial charge in [0.25, 0.3) is 5.56 Å². The first kappa shape index (κ1) is 16.1. The van der Waals surface area contributed by atoms with Crippen LogP contribution in [-0.2, 0) is 0 Å². The molecule has 7 nitrogen and oxygen atoms in total. The third-order valence-electron chi connectivity index (χ3n) is 5.67. The van der Waals surface area contributed by atoms with Gasteiger partial charge in [0, 0.05) is 25.2 Å². The van der Waals surface area contributed by atoms with E-state index in [2.05, 4.69) is 18.7 Å². The first-order chi connectivity index (χ1) is 11.9. The Bertz CT molecular complexity index is 959. The lowest BCUT2D eigenvalue weighted by Crippen LogP contribution is -2.46. The second-order valence-electron chi connectivity index (χ2n) is 7.57. The van der Waals surface area contributed by atoms with E-state index in [1.165, 1.54) is 4.40 Å². The summed E-state index contributed by atoms with van der Waals surface area (Å²) < 4.78 is 8.13. The second-order valence-corrected chi connectivity index (χ2v) is 7.57. The number of pyridine rings is 1. The highest BCUT2D eigenvalue weighted by Crippen LogP contribution is 2.41. The Balaban J connectivity index is 1.95. The number of nitrogens with two attached hydrogens (primary N) is 1. The minimum atomic E-state index is -0.546. The predicted octanol–water partition coefficient (Wildman–Crippen LogP) is 1.15. The highest BCUT2D eigenvalue weighted by Gasteiger charge is 2.32. The maximum Gasteiger partial charge on any atom is 0.354 e. The summed E-state index contributed by atoms with van der Waals surface area (Å²) in [5.41, 5.74) is 1.12. The molecular formula is C18H24N4O3. The first-order valence-electron chi connectivity index (χ1n) is 8.87. The molecule has 25 heavy (non-hydrogen) atoms. The molecule has 2 atom stereocenters. The zero-order chi connectivity index (χ0) is 17.9. The third-order valence-corrected chi connectivity index (χ3v) is 5.67. The molecule has 134 valence electrons. The standard InChI is InChI=1S/C18H24N4O3/c1-10(2)12-4-6-20(8-12)13-5-7-21-15-14(11(3)9-25-16(13)15)17(23)22(19)18(21)24/h5,7,10-12H,4,6,8-9,19H2,1-3H3/t11?,12-/m1/s1. The van der Waals surface area contributed by atoms with Crippen LogP contribution in [0.1, 0.15) is 38.7 Å². The van der Waals surface area contributed by atoms with Crippen molar-refractivity contribution in [1.29, 1.82) is 0 Å². The maximum atomic E-state index is 12.6. The zero-order valence-corrected chi connectivity index (χ0v) is 14.9. The van der Waals surface area contributed by atoms with E-state index in [1.807, 2.05) is 13.0 Å². The quantitative estimate of drug-likeness (QED) is 0.827. The van der Waals surface area contributed by atoms with Crippen molar-refractivity contribution in [2.45, 2.75) is 33.1 Å². The summed E-state index contributed by atoms with van der Waals surface area (Å²) in [6, 6.07) is 1.90. The van der Waals surface area contributed by atoms with E-state index in [0.29, 0.717) is 39.9 Å². The molecule has 1 unspecified atom stereocenters. The van der Waals surface area contributed by atoms with Gasteiger partial charge in [-0.2, -0.15) is 4.68 Å². The number of anilines is 1. The average molecular weight is 344 g/mol. The number of nitrogens with zero attached hydrogens (tertiary/aromatic N) is 3. The van der Waals surface area contributed by atoms with Crippen LogP contribution in [0.5, 0.6) is 5.75 Å². The number of aromatic nitrogens is 2. The van der Waals surface area contributed by atoms with Crippen molar-refractivity contribution in [2.24, 2.45) is 11.8 Å². The monoisotopic (exact) mass is 344 g/mol. The van der Waals surface area contributed by atoms with E-state index in [9.17, 15) is 9.59 Å². The minimum Gasteiger partial charge on any atom is -0.489 e. The molecule has 2 aliphatic heterocycles. The summed E-state index contributed by atoms with van der Waals surface area (Å²) in [6.45, 7) is 8.75. The molecule has 2 aliphatic rings. The van der Waals surface area contributed by atoms with Crippen LogP contribution < -0.4 is 26.7 Å². The van der Waals surface area contributed by atoms with Crippen LogP contribution in [0.25, 0.3) is 5.52 Å². The Morgan fingerprint density at radius 1 is 1.32 bits per heavy atom. The molecular weight excluding hydrogens is 320 g/mol. The highest BCUT2D eigenvalue weighted by atomic mass is 16.5. The molecule has 0 aliphatic carbocycles. The van der Waals surface area contributed by atoms with Crippen LogP contribution in [0.2, 0.25) is 0 Å². The van der Waals surface area contributed by atoms with Gasteiger partial charge < -0.3 is 15.5 Å². The van der Waals surface area contributed by atoms with Crippen LogP contribution in [-0.4, -0.2) is 28.8 Å². The normalized spacial score (nSPS) is 22.6. The molecule has 4 heterocycles. The van der Waals surface area contributed by atoms with Crippen molar-refractivity contribution in [3.63, 3.8) is 0 Å². The number of ether oxygens (including phenoxy) is 1. The lowest BCUT2D eigenvalue weighted by molar-refractivity contribution is 0.286. The van der Waals surface area contributed by atoms with Gasteiger partial charge in [-0.3, -0.25) is 9.20 Å². The first-order valence-corrected chi connectivity index (χ1v) is 8.87. The fourth-order valence-corrected chi connectivity index (χ4v) is 4.05. The molecule has 4 rings (SSSR count). The van der Waals surface area contributed by atoms with Crippen molar-refractivity contribution in [3.8, 4) is 5.75 Å². The number of nitrogen functional groups attached to an aromatic ring is 1. The van der Waals surface area contributed by atoms with E-state index in [1.54, 1.807) is 6.20 Å². The summed E-state index contributed by atoms with van der Waals surface area (Å²) >= 11 is 0. The topological polar surface area (TPSA) is 82.0 Å².